The summed E-state index contributed by atoms with van der Waals surface area (Å²) in [6, 6.07) is 31.3. The van der Waals surface area contributed by atoms with Gasteiger partial charge < -0.3 is 35.4 Å². The number of phenols is 1. The highest BCUT2D eigenvalue weighted by molar-refractivity contribution is 5.88. The van der Waals surface area contributed by atoms with Crippen molar-refractivity contribution in [1.82, 2.24) is 40.9 Å². The highest BCUT2D eigenvalue weighted by Crippen LogP contribution is 2.21. The standard InChI is InChI=1S/C26H24FN7O4.C8H11N.C7H8O.2C2H2/c27-18-6-7-22(30-10-18)23-9-19(38-32-23)11-28-12-25(36)34-15-26(37)33(14-24(34)31-16-35)13-17-3-1-5-21-20(17)4-2-8-29-21;1-9-7-8-5-3-2-4-6-8;1-6-2-4-7(8)5-3-6;2*1-2/h1-10,16,24,28H,11-15H2,(H,31,35);2-6,9H,7H2,1H3;2-5,8H,1H3;2*1-2H. The van der Waals surface area contributed by atoms with Gasteiger partial charge in [0.15, 0.2) is 5.76 Å². The van der Waals surface area contributed by atoms with Gasteiger partial charge in [0.25, 0.3) is 0 Å². The Morgan fingerprint density at radius 3 is 2.34 bits per heavy atom. The van der Waals surface area contributed by atoms with Crippen molar-refractivity contribution >= 4 is 29.1 Å². The number of rotatable bonds is 11. The van der Waals surface area contributed by atoms with Crippen LogP contribution in [0.1, 0.15) is 22.5 Å². The van der Waals surface area contributed by atoms with Gasteiger partial charge in [0.05, 0.1) is 37.0 Å². The van der Waals surface area contributed by atoms with Crippen molar-refractivity contribution in [2.75, 3.05) is 26.7 Å². The third kappa shape index (κ3) is 14.6. The number of halogens is 1. The lowest BCUT2D eigenvalue weighted by Crippen LogP contribution is -2.63. The van der Waals surface area contributed by atoms with E-state index in [0.29, 0.717) is 35.9 Å². The van der Waals surface area contributed by atoms with Gasteiger partial charge in [-0.05, 0) is 61.5 Å². The lowest BCUT2D eigenvalue weighted by Gasteiger charge is -2.40. The fraction of sp³-hybridized carbons (Fsp3) is 0.200. The lowest BCUT2D eigenvalue weighted by molar-refractivity contribution is -0.150. The van der Waals surface area contributed by atoms with Crippen LogP contribution in [0.5, 0.6) is 5.75 Å². The third-order valence-electron chi connectivity index (χ3n) is 8.49. The number of phenolic OH excluding ortho intramolecular Hbond substituents is 1. The Morgan fingerprint density at radius 2 is 1.68 bits per heavy atom. The van der Waals surface area contributed by atoms with E-state index < -0.39 is 12.0 Å². The highest BCUT2D eigenvalue weighted by atomic mass is 19.1. The number of hydrogen-bond donors (Lipinski definition) is 4. The number of aromatic hydroxyl groups is 1. The van der Waals surface area contributed by atoms with Crippen LogP contribution >= 0.6 is 0 Å². The Bertz CT molecular complexity index is 2200. The molecular formula is C45H47FN8O5. The zero-order valence-corrected chi connectivity index (χ0v) is 32.9. The number of nitrogens with one attached hydrogen (secondary N) is 3. The molecule has 1 unspecified atom stereocenters. The second-order valence-corrected chi connectivity index (χ2v) is 12.6. The van der Waals surface area contributed by atoms with Gasteiger partial charge >= 0.3 is 0 Å². The fourth-order valence-electron chi connectivity index (χ4n) is 5.69. The first-order valence-corrected chi connectivity index (χ1v) is 18.2. The van der Waals surface area contributed by atoms with Crippen LogP contribution in [-0.4, -0.2) is 81.1 Å². The zero-order valence-electron chi connectivity index (χ0n) is 32.9. The first-order valence-electron chi connectivity index (χ1n) is 18.2. The maximum absolute atomic E-state index is 13.1. The topological polar surface area (TPSA) is 166 Å². The maximum Gasteiger partial charge on any atom is 0.242 e. The van der Waals surface area contributed by atoms with Crippen LogP contribution in [0.4, 0.5) is 4.39 Å². The number of hydrogen-bond acceptors (Lipinski definition) is 10. The zero-order chi connectivity index (χ0) is 43.0. The van der Waals surface area contributed by atoms with E-state index in [1.54, 1.807) is 29.3 Å². The van der Waals surface area contributed by atoms with Gasteiger partial charge in [-0.15, -0.1) is 25.7 Å². The van der Waals surface area contributed by atoms with Crippen molar-refractivity contribution < 1.29 is 28.4 Å². The molecule has 1 saturated heterocycles. The van der Waals surface area contributed by atoms with Gasteiger partial charge in [0, 0.05) is 30.7 Å². The fourth-order valence-corrected chi connectivity index (χ4v) is 5.69. The molecule has 0 radical (unpaired) electrons. The summed E-state index contributed by atoms with van der Waals surface area (Å²) in [5.41, 5.74) is 5.15. The number of terminal acetylenes is 2. The monoisotopic (exact) mass is 798 g/mol. The number of benzene rings is 3. The molecule has 4 heterocycles. The number of fused-ring (bicyclic) bond motifs is 1. The van der Waals surface area contributed by atoms with E-state index in [1.807, 2.05) is 74.6 Å². The number of piperazine rings is 1. The van der Waals surface area contributed by atoms with Crippen LogP contribution < -0.4 is 16.0 Å². The van der Waals surface area contributed by atoms with E-state index in [-0.39, 0.29) is 38.0 Å². The summed E-state index contributed by atoms with van der Waals surface area (Å²) in [5, 5.41) is 22.3. The average molecular weight is 799 g/mol. The normalized spacial score (nSPS) is 12.8. The van der Waals surface area contributed by atoms with Crippen LogP contribution in [-0.2, 0) is 34.0 Å². The second-order valence-electron chi connectivity index (χ2n) is 12.6. The maximum atomic E-state index is 13.1. The molecule has 3 amide bonds. The van der Waals surface area contributed by atoms with Crippen molar-refractivity contribution in [3.8, 4) is 42.8 Å². The van der Waals surface area contributed by atoms with Gasteiger partial charge in [-0.1, -0.05) is 71.4 Å². The number of amides is 3. The molecule has 0 saturated carbocycles. The Balaban J connectivity index is 0.000000362. The average Bonchev–Trinajstić information content (AvgIpc) is 3.75. The van der Waals surface area contributed by atoms with Gasteiger partial charge in [0.2, 0.25) is 18.2 Å². The van der Waals surface area contributed by atoms with E-state index in [2.05, 4.69) is 68.9 Å². The summed E-state index contributed by atoms with van der Waals surface area (Å²) in [6.07, 6.45) is 18.6. The summed E-state index contributed by atoms with van der Waals surface area (Å²) < 4.78 is 18.3. The van der Waals surface area contributed by atoms with Gasteiger partial charge in [0.1, 0.15) is 30.0 Å². The summed E-state index contributed by atoms with van der Waals surface area (Å²) in [5.74, 6) is -0.255. The van der Waals surface area contributed by atoms with E-state index >= 15 is 0 Å². The van der Waals surface area contributed by atoms with E-state index in [1.165, 1.54) is 28.2 Å². The van der Waals surface area contributed by atoms with Gasteiger partial charge in [-0.25, -0.2) is 4.39 Å². The number of aromatic nitrogens is 3. The summed E-state index contributed by atoms with van der Waals surface area (Å²) >= 11 is 0. The van der Waals surface area contributed by atoms with Crippen LogP contribution in [0.2, 0.25) is 0 Å². The Morgan fingerprint density at radius 1 is 0.932 bits per heavy atom. The number of nitrogens with zero attached hydrogens (tertiary/aromatic N) is 5. The van der Waals surface area contributed by atoms with Crippen LogP contribution in [0.25, 0.3) is 22.3 Å². The molecule has 7 rings (SSSR count). The Kier molecular flexibility index (Phi) is 19.5. The second kappa shape index (κ2) is 25.0. The molecule has 3 aromatic heterocycles. The predicted octanol–water partition coefficient (Wildman–Crippen LogP) is 5.06. The molecule has 1 aliphatic rings. The van der Waals surface area contributed by atoms with Crippen molar-refractivity contribution in [2.45, 2.75) is 32.7 Å². The largest absolute Gasteiger partial charge is 0.508 e. The molecule has 13 nitrogen and oxygen atoms in total. The van der Waals surface area contributed by atoms with Crippen LogP contribution in [0.3, 0.4) is 0 Å². The molecule has 0 spiro atoms. The molecule has 1 atom stereocenters. The number of aryl methyl sites for hydroxylation is 1. The summed E-state index contributed by atoms with van der Waals surface area (Å²) in [7, 11) is 1.95. The summed E-state index contributed by atoms with van der Waals surface area (Å²) in [4.78, 5) is 48.5. The van der Waals surface area contributed by atoms with Crippen molar-refractivity contribution in [2.24, 2.45) is 0 Å². The first kappa shape index (κ1) is 46.0. The van der Waals surface area contributed by atoms with Crippen LogP contribution in [0, 0.1) is 38.4 Å². The molecule has 3 aromatic carbocycles. The highest BCUT2D eigenvalue weighted by Gasteiger charge is 2.34. The minimum absolute atomic E-state index is 0.0931. The molecular weight excluding hydrogens is 752 g/mol. The molecule has 6 aromatic rings. The van der Waals surface area contributed by atoms with Crippen LogP contribution in [0.15, 0.2) is 120 Å². The number of carbonyl (C=O) groups excluding carboxylic acids is 3. The lowest BCUT2D eigenvalue weighted by atomic mass is 10.1. The minimum atomic E-state index is -0.672. The molecule has 4 N–H and O–H groups in total. The van der Waals surface area contributed by atoms with Crippen molar-refractivity contribution in [1.29, 1.82) is 0 Å². The van der Waals surface area contributed by atoms with Gasteiger partial charge in [-0.2, -0.15) is 0 Å². The predicted molar refractivity (Wildman–Crippen MR) is 225 cm³/mol. The van der Waals surface area contributed by atoms with E-state index in [4.69, 9.17) is 9.63 Å². The smallest absolute Gasteiger partial charge is 0.242 e. The van der Waals surface area contributed by atoms with E-state index in [0.717, 1.165) is 29.2 Å². The van der Waals surface area contributed by atoms with E-state index in [9.17, 15) is 18.8 Å². The van der Waals surface area contributed by atoms with Crippen molar-refractivity contribution in [3.05, 3.63) is 144 Å². The molecule has 0 bridgehead atoms. The summed E-state index contributed by atoms with van der Waals surface area (Å²) in [6.45, 7) is 3.35. The quantitative estimate of drug-likeness (QED) is 0.103. The van der Waals surface area contributed by atoms with Crippen molar-refractivity contribution in [3.63, 3.8) is 0 Å². The minimum Gasteiger partial charge on any atom is -0.508 e. The Labute approximate surface area is 343 Å². The Hall–Kier alpha value is -7.39. The third-order valence-corrected chi connectivity index (χ3v) is 8.49. The number of carbonyl (C=O) groups is 3. The molecule has 304 valence electrons. The SMILES string of the molecule is C#C.C#C.CNCc1ccccc1.Cc1ccc(O)cc1.O=CNC1CN(Cc2cccc3ncccc23)C(=O)CN1C(=O)CNCc1cc(-c2ccc(F)cn2)no1. The number of pyridine rings is 2. The molecule has 1 aliphatic heterocycles. The molecule has 14 heteroatoms. The van der Waals surface area contributed by atoms with Gasteiger partial charge in [-0.3, -0.25) is 24.4 Å². The molecule has 0 aliphatic carbocycles. The molecule has 1 fully saturated rings. The first-order chi connectivity index (χ1) is 28.7. The molecule has 59 heavy (non-hydrogen) atoms.